The summed E-state index contributed by atoms with van der Waals surface area (Å²) in [5.74, 6) is -1.11. The molecule has 0 amide bonds. The second-order valence-electron chi connectivity index (χ2n) is 4.66. The van der Waals surface area contributed by atoms with Crippen LogP contribution in [0, 0.1) is 0 Å². The lowest BCUT2D eigenvalue weighted by atomic mass is 10.1. The normalized spacial score (nSPS) is 10.9. The molecule has 2 N–H and O–H groups in total. The van der Waals surface area contributed by atoms with Crippen LogP contribution in [0.4, 0.5) is 5.69 Å². The van der Waals surface area contributed by atoms with Crippen molar-refractivity contribution in [3.05, 3.63) is 72.3 Å². The number of rotatable bonds is 6. The maximum atomic E-state index is 12.3. The van der Waals surface area contributed by atoms with Gasteiger partial charge in [-0.25, -0.2) is 13.2 Å². The van der Waals surface area contributed by atoms with Gasteiger partial charge in [0, 0.05) is 12.0 Å². The van der Waals surface area contributed by atoms with Crippen LogP contribution in [0.1, 0.15) is 5.56 Å². The number of carbonyl (C=O) groups is 1. The smallest absolute Gasteiger partial charge is 0.331 e. The third-order valence-electron chi connectivity index (χ3n) is 3.02. The molecule has 2 aromatic rings. The Morgan fingerprint density at radius 1 is 1.05 bits per heavy atom. The molecule has 0 saturated carbocycles. The Hall–Kier alpha value is -2.60. The molecule has 0 bridgehead atoms. The molecule has 0 spiro atoms. The molecule has 5 nitrogen and oxygen atoms in total. The number of hydrogen-bond donors (Lipinski definition) is 2. The van der Waals surface area contributed by atoms with Crippen molar-refractivity contribution in [2.24, 2.45) is 0 Å². The van der Waals surface area contributed by atoms with Crippen LogP contribution in [0.25, 0.3) is 0 Å². The van der Waals surface area contributed by atoms with Gasteiger partial charge in [0.15, 0.2) is 0 Å². The fraction of sp³-hybridized carbons (Fsp3) is 0.0625. The van der Waals surface area contributed by atoms with E-state index in [1.54, 1.807) is 42.5 Å². The largest absolute Gasteiger partial charge is 0.478 e. The molecule has 114 valence electrons. The van der Waals surface area contributed by atoms with Gasteiger partial charge < -0.3 is 5.11 Å². The Morgan fingerprint density at radius 2 is 1.64 bits per heavy atom. The summed E-state index contributed by atoms with van der Waals surface area (Å²) < 4.78 is 27.1. The van der Waals surface area contributed by atoms with Gasteiger partial charge in [0.05, 0.1) is 10.6 Å². The SMILES string of the molecule is C=C(Cc1ccccc1NS(=O)(=O)c1ccccc1)C(=O)O. The Balaban J connectivity index is 2.31. The number of para-hydroxylation sites is 1. The highest BCUT2D eigenvalue weighted by Gasteiger charge is 2.16. The molecule has 2 rings (SSSR count). The molecule has 22 heavy (non-hydrogen) atoms. The lowest BCUT2D eigenvalue weighted by Gasteiger charge is -2.12. The van der Waals surface area contributed by atoms with Crippen LogP contribution in [0.2, 0.25) is 0 Å². The van der Waals surface area contributed by atoms with Crippen LogP contribution in [0.3, 0.4) is 0 Å². The van der Waals surface area contributed by atoms with Gasteiger partial charge in [-0.3, -0.25) is 4.72 Å². The summed E-state index contributed by atoms with van der Waals surface area (Å²) in [5.41, 5.74) is 0.884. The van der Waals surface area contributed by atoms with E-state index in [-0.39, 0.29) is 16.9 Å². The number of hydrogen-bond acceptors (Lipinski definition) is 3. The summed E-state index contributed by atoms with van der Waals surface area (Å²) in [4.78, 5) is 11.0. The highest BCUT2D eigenvalue weighted by atomic mass is 32.2. The van der Waals surface area contributed by atoms with Crippen LogP contribution in [-0.4, -0.2) is 19.5 Å². The van der Waals surface area contributed by atoms with E-state index in [0.717, 1.165) is 0 Å². The van der Waals surface area contributed by atoms with Gasteiger partial charge in [-0.05, 0) is 23.8 Å². The summed E-state index contributed by atoms with van der Waals surface area (Å²) in [5, 5.41) is 8.91. The summed E-state index contributed by atoms with van der Waals surface area (Å²) >= 11 is 0. The summed E-state index contributed by atoms with van der Waals surface area (Å²) in [7, 11) is -3.72. The molecular formula is C16H15NO4S. The van der Waals surface area contributed by atoms with Crippen LogP contribution < -0.4 is 4.72 Å². The van der Waals surface area contributed by atoms with E-state index in [9.17, 15) is 13.2 Å². The zero-order valence-corrected chi connectivity index (χ0v) is 12.5. The molecule has 2 aromatic carbocycles. The van der Waals surface area contributed by atoms with Crippen molar-refractivity contribution in [1.29, 1.82) is 0 Å². The third-order valence-corrected chi connectivity index (χ3v) is 4.40. The molecule has 0 aliphatic carbocycles. The van der Waals surface area contributed by atoms with Gasteiger partial charge in [0.2, 0.25) is 0 Å². The zero-order chi connectivity index (χ0) is 16.2. The molecule has 0 atom stereocenters. The monoisotopic (exact) mass is 317 g/mol. The lowest BCUT2D eigenvalue weighted by Crippen LogP contribution is -2.14. The fourth-order valence-corrected chi connectivity index (χ4v) is 3.00. The predicted molar refractivity (Wildman–Crippen MR) is 84.2 cm³/mol. The summed E-state index contributed by atoms with van der Waals surface area (Å²) in [6.45, 7) is 3.47. The Bertz CT molecular complexity index is 798. The number of carboxylic acid groups (broad SMARTS) is 1. The summed E-state index contributed by atoms with van der Waals surface area (Å²) in [6.07, 6.45) is 0.0583. The minimum atomic E-state index is -3.72. The second kappa shape index (κ2) is 6.44. The molecule has 0 fully saturated rings. The van der Waals surface area contributed by atoms with E-state index < -0.39 is 16.0 Å². The van der Waals surface area contributed by atoms with E-state index in [0.29, 0.717) is 11.3 Å². The van der Waals surface area contributed by atoms with Gasteiger partial charge in [0.1, 0.15) is 0 Å². The first-order valence-electron chi connectivity index (χ1n) is 6.47. The van der Waals surface area contributed by atoms with E-state index >= 15 is 0 Å². The molecule has 0 unspecified atom stereocenters. The van der Waals surface area contributed by atoms with Crippen molar-refractivity contribution >= 4 is 21.7 Å². The van der Waals surface area contributed by atoms with Crippen molar-refractivity contribution in [2.45, 2.75) is 11.3 Å². The molecule has 0 aliphatic heterocycles. The predicted octanol–water partition coefficient (Wildman–Crippen LogP) is 2.67. The number of sulfonamides is 1. The van der Waals surface area contributed by atoms with Gasteiger partial charge in [-0.2, -0.15) is 0 Å². The van der Waals surface area contributed by atoms with Crippen LogP contribution in [0.15, 0.2) is 71.6 Å². The maximum absolute atomic E-state index is 12.3. The van der Waals surface area contributed by atoms with Gasteiger partial charge in [0.25, 0.3) is 10.0 Å². The number of anilines is 1. The topological polar surface area (TPSA) is 83.5 Å². The van der Waals surface area contributed by atoms with Gasteiger partial charge in [-0.1, -0.05) is 43.0 Å². The van der Waals surface area contributed by atoms with Crippen molar-refractivity contribution in [1.82, 2.24) is 0 Å². The number of carboxylic acids is 1. The Morgan fingerprint density at radius 3 is 2.27 bits per heavy atom. The molecule has 6 heteroatoms. The standard InChI is InChI=1S/C16H15NO4S/c1-12(16(18)19)11-13-7-5-6-10-15(13)17-22(20,21)14-8-3-2-4-9-14/h2-10,17H,1,11H2,(H,18,19). The highest BCUT2D eigenvalue weighted by Crippen LogP contribution is 2.22. The van der Waals surface area contributed by atoms with Crippen molar-refractivity contribution in [3.8, 4) is 0 Å². The fourth-order valence-electron chi connectivity index (χ4n) is 1.88. The summed E-state index contributed by atoms with van der Waals surface area (Å²) in [6, 6.07) is 14.6. The maximum Gasteiger partial charge on any atom is 0.331 e. The minimum absolute atomic E-state index is 0.00800. The van der Waals surface area contributed by atoms with Crippen LogP contribution in [0.5, 0.6) is 0 Å². The minimum Gasteiger partial charge on any atom is -0.478 e. The van der Waals surface area contributed by atoms with Crippen molar-refractivity contribution < 1.29 is 18.3 Å². The average molecular weight is 317 g/mol. The molecule has 0 aliphatic rings. The molecule has 0 aromatic heterocycles. The average Bonchev–Trinajstić information content (AvgIpc) is 2.49. The van der Waals surface area contributed by atoms with E-state index in [1.165, 1.54) is 12.1 Å². The number of nitrogens with one attached hydrogen (secondary N) is 1. The highest BCUT2D eigenvalue weighted by molar-refractivity contribution is 7.92. The molecule has 0 heterocycles. The second-order valence-corrected chi connectivity index (χ2v) is 6.34. The van der Waals surface area contributed by atoms with Crippen LogP contribution in [-0.2, 0) is 21.2 Å². The lowest BCUT2D eigenvalue weighted by molar-refractivity contribution is -0.132. The van der Waals surface area contributed by atoms with E-state index in [4.69, 9.17) is 5.11 Å². The zero-order valence-electron chi connectivity index (χ0n) is 11.7. The molecular weight excluding hydrogens is 302 g/mol. The quantitative estimate of drug-likeness (QED) is 0.802. The van der Waals surface area contributed by atoms with Crippen LogP contribution >= 0.6 is 0 Å². The first-order valence-corrected chi connectivity index (χ1v) is 7.95. The number of benzene rings is 2. The van der Waals surface area contributed by atoms with E-state index in [2.05, 4.69) is 11.3 Å². The first kappa shape index (κ1) is 15.8. The number of aliphatic carboxylic acids is 1. The Kier molecular flexibility index (Phi) is 4.62. The molecule has 0 saturated heterocycles. The molecule has 0 radical (unpaired) electrons. The third kappa shape index (κ3) is 3.73. The van der Waals surface area contributed by atoms with Gasteiger partial charge in [-0.15, -0.1) is 0 Å². The van der Waals surface area contributed by atoms with Gasteiger partial charge >= 0.3 is 5.97 Å². The van der Waals surface area contributed by atoms with E-state index in [1.807, 2.05) is 0 Å². The first-order chi connectivity index (χ1) is 10.4. The Labute approximate surface area is 129 Å². The van der Waals surface area contributed by atoms with Crippen molar-refractivity contribution in [2.75, 3.05) is 4.72 Å². The van der Waals surface area contributed by atoms with Crippen molar-refractivity contribution in [3.63, 3.8) is 0 Å².